The lowest BCUT2D eigenvalue weighted by molar-refractivity contribution is 0.0702. The first-order valence-electron chi connectivity index (χ1n) is 5.10. The van der Waals surface area contributed by atoms with Crippen molar-refractivity contribution in [3.05, 3.63) is 26.9 Å². The van der Waals surface area contributed by atoms with E-state index in [0.29, 0.717) is 16.6 Å². The van der Waals surface area contributed by atoms with Gasteiger partial charge in [-0.2, -0.15) is 0 Å². The highest BCUT2D eigenvalue weighted by atomic mass is 79.9. The molecule has 8 heteroatoms. The smallest absolute Gasteiger partial charge is 0.345 e. The van der Waals surface area contributed by atoms with E-state index in [9.17, 15) is 13.2 Å². The van der Waals surface area contributed by atoms with Gasteiger partial charge in [0.15, 0.2) is 0 Å². The number of carboxylic acid groups (broad SMARTS) is 1. The van der Waals surface area contributed by atoms with Crippen molar-refractivity contribution in [2.24, 2.45) is 0 Å². The average molecular weight is 352 g/mol. The Kier molecular flexibility index (Phi) is 3.90. The summed E-state index contributed by atoms with van der Waals surface area (Å²) in [5.41, 5.74) is 0. The van der Waals surface area contributed by atoms with Crippen LogP contribution in [-0.2, 0) is 10.0 Å². The molecule has 0 atom stereocenters. The molecule has 98 valence electrons. The zero-order valence-electron chi connectivity index (χ0n) is 9.09. The molecule has 0 amide bonds. The molecule has 2 rings (SSSR count). The highest BCUT2D eigenvalue weighted by Gasteiger charge is 2.26. The Bertz CT molecular complexity index is 597. The van der Waals surface area contributed by atoms with Gasteiger partial charge in [-0.1, -0.05) is 12.2 Å². The number of hydrogen-bond acceptors (Lipinski definition) is 4. The topological polar surface area (TPSA) is 83.5 Å². The molecule has 1 heterocycles. The summed E-state index contributed by atoms with van der Waals surface area (Å²) in [6.07, 6.45) is 5.15. The summed E-state index contributed by atoms with van der Waals surface area (Å²) in [7, 11) is -3.68. The van der Waals surface area contributed by atoms with Crippen LogP contribution in [0.15, 0.2) is 26.9 Å². The largest absolute Gasteiger partial charge is 0.477 e. The molecule has 0 aromatic carbocycles. The van der Waals surface area contributed by atoms with Gasteiger partial charge in [-0.15, -0.1) is 11.3 Å². The highest BCUT2D eigenvalue weighted by molar-refractivity contribution is 9.11. The van der Waals surface area contributed by atoms with Crippen LogP contribution in [0, 0.1) is 0 Å². The molecule has 1 aliphatic rings. The maximum atomic E-state index is 12.1. The third-order valence-electron chi connectivity index (χ3n) is 2.49. The second kappa shape index (κ2) is 5.12. The summed E-state index contributed by atoms with van der Waals surface area (Å²) in [6, 6.07) is 1.03. The molecule has 0 radical (unpaired) electrons. The van der Waals surface area contributed by atoms with Gasteiger partial charge >= 0.3 is 5.97 Å². The van der Waals surface area contributed by atoms with E-state index in [1.807, 2.05) is 12.2 Å². The van der Waals surface area contributed by atoms with E-state index in [4.69, 9.17) is 5.11 Å². The quantitative estimate of drug-likeness (QED) is 0.814. The molecule has 0 aliphatic heterocycles. The molecule has 0 saturated carbocycles. The van der Waals surface area contributed by atoms with Gasteiger partial charge in [0.05, 0.1) is 3.79 Å². The Morgan fingerprint density at radius 2 is 2.06 bits per heavy atom. The van der Waals surface area contributed by atoms with E-state index >= 15 is 0 Å². The lowest BCUT2D eigenvalue weighted by atomic mass is 10.3. The Labute approximate surface area is 117 Å². The Balaban J connectivity index is 2.26. The number of hydrogen-bond donors (Lipinski definition) is 2. The predicted octanol–water partition coefficient (Wildman–Crippen LogP) is 2.21. The molecule has 0 spiro atoms. The first-order valence-corrected chi connectivity index (χ1v) is 8.19. The fraction of sp³-hybridized carbons (Fsp3) is 0.300. The van der Waals surface area contributed by atoms with Crippen LogP contribution in [0.3, 0.4) is 0 Å². The summed E-state index contributed by atoms with van der Waals surface area (Å²) < 4.78 is 27.0. The summed E-state index contributed by atoms with van der Waals surface area (Å²) in [4.78, 5) is 10.8. The zero-order valence-corrected chi connectivity index (χ0v) is 12.3. The summed E-state index contributed by atoms with van der Waals surface area (Å²) in [6.45, 7) is 0. The van der Waals surface area contributed by atoms with Crippen molar-refractivity contribution in [3.8, 4) is 0 Å². The van der Waals surface area contributed by atoms with Crippen LogP contribution < -0.4 is 4.72 Å². The van der Waals surface area contributed by atoms with Crippen molar-refractivity contribution in [1.82, 2.24) is 4.72 Å². The molecular formula is C10H10BrNO4S2. The summed E-state index contributed by atoms with van der Waals surface area (Å²) in [5, 5.41) is 8.84. The van der Waals surface area contributed by atoms with E-state index in [1.165, 1.54) is 6.07 Å². The van der Waals surface area contributed by atoms with E-state index in [0.717, 1.165) is 11.3 Å². The van der Waals surface area contributed by atoms with Crippen LogP contribution in [0.4, 0.5) is 0 Å². The van der Waals surface area contributed by atoms with Crippen molar-refractivity contribution in [3.63, 3.8) is 0 Å². The van der Waals surface area contributed by atoms with Gasteiger partial charge in [0.25, 0.3) is 0 Å². The van der Waals surface area contributed by atoms with Crippen LogP contribution in [0.5, 0.6) is 0 Å². The van der Waals surface area contributed by atoms with Crippen LogP contribution in [0.1, 0.15) is 22.5 Å². The first kappa shape index (κ1) is 13.7. The lowest BCUT2D eigenvalue weighted by Gasteiger charge is -2.11. The van der Waals surface area contributed by atoms with Gasteiger partial charge in [0.1, 0.15) is 9.77 Å². The van der Waals surface area contributed by atoms with Gasteiger partial charge in [0.2, 0.25) is 10.0 Å². The fourth-order valence-electron chi connectivity index (χ4n) is 1.64. The normalized spacial score (nSPS) is 16.3. The Morgan fingerprint density at radius 3 is 2.56 bits per heavy atom. The number of aromatic carboxylic acids is 1. The maximum absolute atomic E-state index is 12.1. The molecule has 1 aliphatic carbocycles. The molecule has 18 heavy (non-hydrogen) atoms. The van der Waals surface area contributed by atoms with Crippen molar-refractivity contribution >= 4 is 43.3 Å². The molecule has 2 N–H and O–H groups in total. The van der Waals surface area contributed by atoms with Crippen molar-refractivity contribution in [1.29, 1.82) is 0 Å². The standard InChI is InChI=1S/C10H10BrNO4S2/c11-9-8(5-7(17-9)10(13)14)18(15,16)12-6-3-1-2-4-6/h1-2,5-6,12H,3-4H2,(H,13,14). The molecular weight excluding hydrogens is 342 g/mol. The summed E-state index contributed by atoms with van der Waals surface area (Å²) in [5.74, 6) is -1.13. The van der Waals surface area contributed by atoms with E-state index in [1.54, 1.807) is 0 Å². The predicted molar refractivity (Wildman–Crippen MR) is 71.5 cm³/mol. The minimum Gasteiger partial charge on any atom is -0.477 e. The number of halogens is 1. The molecule has 0 bridgehead atoms. The van der Waals surface area contributed by atoms with Gasteiger partial charge < -0.3 is 5.11 Å². The van der Waals surface area contributed by atoms with Gasteiger partial charge in [-0.05, 0) is 34.8 Å². The van der Waals surface area contributed by atoms with E-state index in [2.05, 4.69) is 20.7 Å². The van der Waals surface area contributed by atoms with Crippen molar-refractivity contribution in [2.75, 3.05) is 0 Å². The fourth-order valence-corrected chi connectivity index (χ4v) is 5.30. The monoisotopic (exact) mass is 351 g/mol. The third-order valence-corrected chi connectivity index (χ3v) is 6.25. The van der Waals surface area contributed by atoms with E-state index < -0.39 is 16.0 Å². The average Bonchev–Trinajstić information content (AvgIpc) is 2.86. The van der Waals surface area contributed by atoms with Gasteiger partial charge in [-0.25, -0.2) is 17.9 Å². The minimum absolute atomic E-state index is 0.00760. The number of sulfonamides is 1. The number of nitrogens with one attached hydrogen (secondary N) is 1. The molecule has 0 unspecified atom stereocenters. The molecule has 0 fully saturated rings. The SMILES string of the molecule is O=C(O)c1cc(S(=O)(=O)NC2CC=CC2)c(Br)s1. The number of thiophene rings is 1. The number of carbonyl (C=O) groups is 1. The Hall–Kier alpha value is -0.700. The maximum Gasteiger partial charge on any atom is 0.345 e. The number of carboxylic acids is 1. The van der Waals surface area contributed by atoms with Gasteiger partial charge in [0, 0.05) is 6.04 Å². The van der Waals surface area contributed by atoms with Gasteiger partial charge in [-0.3, -0.25) is 0 Å². The summed E-state index contributed by atoms with van der Waals surface area (Å²) >= 11 is 3.98. The minimum atomic E-state index is -3.68. The molecule has 1 aromatic heterocycles. The van der Waals surface area contributed by atoms with Crippen LogP contribution in [-0.4, -0.2) is 25.5 Å². The first-order chi connectivity index (χ1) is 8.40. The zero-order chi connectivity index (χ0) is 13.3. The third kappa shape index (κ3) is 2.82. The van der Waals surface area contributed by atoms with Crippen LogP contribution in [0.2, 0.25) is 0 Å². The van der Waals surface area contributed by atoms with Crippen LogP contribution in [0.25, 0.3) is 0 Å². The molecule has 5 nitrogen and oxygen atoms in total. The second-order valence-electron chi connectivity index (χ2n) is 3.81. The highest BCUT2D eigenvalue weighted by Crippen LogP contribution is 2.32. The van der Waals surface area contributed by atoms with E-state index in [-0.39, 0.29) is 15.8 Å². The number of rotatable bonds is 4. The molecule has 0 saturated heterocycles. The Morgan fingerprint density at radius 1 is 1.44 bits per heavy atom. The van der Waals surface area contributed by atoms with Crippen molar-refractivity contribution < 1.29 is 18.3 Å². The lowest BCUT2D eigenvalue weighted by Crippen LogP contribution is -2.32. The second-order valence-corrected chi connectivity index (χ2v) is 7.87. The van der Waals surface area contributed by atoms with Crippen molar-refractivity contribution in [2.45, 2.75) is 23.8 Å². The van der Waals surface area contributed by atoms with Crippen LogP contribution >= 0.6 is 27.3 Å². The molecule has 1 aromatic rings.